The van der Waals surface area contributed by atoms with E-state index >= 15 is 0 Å². The maximum atomic E-state index is 5.97. The van der Waals surface area contributed by atoms with E-state index in [0.717, 1.165) is 19.1 Å². The minimum Gasteiger partial charge on any atom is -0.379 e. The van der Waals surface area contributed by atoms with Gasteiger partial charge in [0, 0.05) is 32.0 Å². The molecule has 6 heteroatoms. The standard InChI is InChI=1S/C13H28O5Si/c1-5-16-19(17-6-2,18-12(3)4)9-7-8-14-10-13-11-15-13/h12-13H,5-11H2,1-4H3/t13-/m0/s1. The van der Waals surface area contributed by atoms with Crippen molar-refractivity contribution in [1.82, 2.24) is 0 Å². The fourth-order valence-electron chi connectivity index (χ4n) is 1.88. The Bertz CT molecular complexity index is 227. The summed E-state index contributed by atoms with van der Waals surface area (Å²) in [5.74, 6) is 0. The van der Waals surface area contributed by atoms with Crippen molar-refractivity contribution >= 4 is 8.80 Å². The average Bonchev–Trinajstić information content (AvgIpc) is 3.12. The molecule has 1 atom stereocenters. The zero-order valence-corrected chi connectivity index (χ0v) is 13.6. The van der Waals surface area contributed by atoms with Crippen molar-refractivity contribution in [1.29, 1.82) is 0 Å². The van der Waals surface area contributed by atoms with Crippen molar-refractivity contribution in [3.8, 4) is 0 Å². The van der Waals surface area contributed by atoms with Crippen molar-refractivity contribution in [2.75, 3.05) is 33.0 Å². The molecule has 0 spiro atoms. The normalized spacial score (nSPS) is 19.1. The molecule has 0 bridgehead atoms. The molecule has 1 rings (SSSR count). The lowest BCUT2D eigenvalue weighted by Gasteiger charge is -2.30. The van der Waals surface area contributed by atoms with Gasteiger partial charge >= 0.3 is 8.80 Å². The zero-order valence-electron chi connectivity index (χ0n) is 12.6. The van der Waals surface area contributed by atoms with E-state index in [0.29, 0.717) is 32.5 Å². The molecule has 0 unspecified atom stereocenters. The maximum Gasteiger partial charge on any atom is 0.501 e. The molecule has 1 saturated heterocycles. The topological polar surface area (TPSA) is 49.5 Å². The number of rotatable bonds is 12. The lowest BCUT2D eigenvalue weighted by molar-refractivity contribution is 0.0403. The smallest absolute Gasteiger partial charge is 0.379 e. The first-order chi connectivity index (χ1) is 9.12. The highest BCUT2D eigenvalue weighted by Gasteiger charge is 2.41. The highest BCUT2D eigenvalue weighted by molar-refractivity contribution is 6.60. The third-order valence-electron chi connectivity index (χ3n) is 2.62. The lowest BCUT2D eigenvalue weighted by Crippen LogP contribution is -2.47. The Balaban J connectivity index is 2.31. The first kappa shape index (κ1) is 17.1. The number of hydrogen-bond donors (Lipinski definition) is 0. The van der Waals surface area contributed by atoms with Crippen LogP contribution in [0.25, 0.3) is 0 Å². The molecule has 1 aliphatic heterocycles. The Kier molecular flexibility index (Phi) is 8.13. The quantitative estimate of drug-likeness (QED) is 0.314. The van der Waals surface area contributed by atoms with Crippen molar-refractivity contribution < 1.29 is 22.8 Å². The summed E-state index contributed by atoms with van der Waals surface area (Å²) >= 11 is 0. The molecule has 0 aromatic carbocycles. The summed E-state index contributed by atoms with van der Waals surface area (Å²) in [6.45, 7) is 11.5. The zero-order chi connectivity index (χ0) is 14.1. The second-order valence-electron chi connectivity index (χ2n) is 4.85. The Labute approximate surface area is 117 Å². The van der Waals surface area contributed by atoms with E-state index in [-0.39, 0.29) is 6.10 Å². The molecule has 0 radical (unpaired) electrons. The summed E-state index contributed by atoms with van der Waals surface area (Å²) in [7, 11) is -2.53. The predicted molar refractivity (Wildman–Crippen MR) is 75.2 cm³/mol. The summed E-state index contributed by atoms with van der Waals surface area (Å²) in [6, 6.07) is 0.804. The van der Waals surface area contributed by atoms with E-state index in [9.17, 15) is 0 Å². The molecule has 0 aliphatic carbocycles. The van der Waals surface area contributed by atoms with Crippen molar-refractivity contribution in [3.63, 3.8) is 0 Å². The van der Waals surface area contributed by atoms with Crippen LogP contribution in [0.4, 0.5) is 0 Å². The van der Waals surface area contributed by atoms with Crippen LogP contribution in [0.2, 0.25) is 6.04 Å². The van der Waals surface area contributed by atoms with E-state index in [1.54, 1.807) is 0 Å². The van der Waals surface area contributed by atoms with Crippen molar-refractivity contribution in [2.24, 2.45) is 0 Å². The first-order valence-corrected chi connectivity index (χ1v) is 9.20. The molecule has 19 heavy (non-hydrogen) atoms. The van der Waals surface area contributed by atoms with Crippen LogP contribution < -0.4 is 0 Å². The molecule has 1 aliphatic rings. The third kappa shape index (κ3) is 7.39. The van der Waals surface area contributed by atoms with Crippen LogP contribution in [-0.4, -0.2) is 54.0 Å². The van der Waals surface area contributed by atoms with Gasteiger partial charge in [0.25, 0.3) is 0 Å². The largest absolute Gasteiger partial charge is 0.501 e. The summed E-state index contributed by atoms with van der Waals surface area (Å²) in [6.07, 6.45) is 1.34. The summed E-state index contributed by atoms with van der Waals surface area (Å²) in [5, 5.41) is 0. The van der Waals surface area contributed by atoms with Gasteiger partial charge in [-0.25, -0.2) is 0 Å². The van der Waals surface area contributed by atoms with Crippen LogP contribution in [0.5, 0.6) is 0 Å². The molecular formula is C13H28O5Si. The minimum atomic E-state index is -2.53. The van der Waals surface area contributed by atoms with Gasteiger partial charge < -0.3 is 22.8 Å². The minimum absolute atomic E-state index is 0.116. The van der Waals surface area contributed by atoms with E-state index < -0.39 is 8.80 Å². The van der Waals surface area contributed by atoms with Crippen LogP contribution in [0, 0.1) is 0 Å². The van der Waals surface area contributed by atoms with Gasteiger partial charge in [-0.05, 0) is 34.1 Å². The molecular weight excluding hydrogens is 264 g/mol. The van der Waals surface area contributed by atoms with Crippen LogP contribution in [0.15, 0.2) is 0 Å². The molecule has 0 aromatic rings. The second-order valence-corrected chi connectivity index (χ2v) is 7.53. The Morgan fingerprint density at radius 3 is 2.32 bits per heavy atom. The monoisotopic (exact) mass is 292 g/mol. The summed E-state index contributed by atoms with van der Waals surface area (Å²) in [4.78, 5) is 0. The Morgan fingerprint density at radius 1 is 1.21 bits per heavy atom. The summed E-state index contributed by atoms with van der Waals surface area (Å²) in [5.41, 5.74) is 0. The fourth-order valence-corrected chi connectivity index (χ4v) is 4.68. The van der Waals surface area contributed by atoms with Crippen molar-refractivity contribution in [2.45, 2.75) is 52.4 Å². The lowest BCUT2D eigenvalue weighted by atomic mass is 10.5. The molecule has 1 heterocycles. The van der Waals surface area contributed by atoms with Gasteiger partial charge in [-0.1, -0.05) is 0 Å². The Morgan fingerprint density at radius 2 is 1.84 bits per heavy atom. The number of hydrogen-bond acceptors (Lipinski definition) is 5. The molecule has 0 aromatic heterocycles. The van der Waals surface area contributed by atoms with Crippen LogP contribution in [0.1, 0.15) is 34.1 Å². The molecule has 0 N–H and O–H groups in total. The van der Waals surface area contributed by atoms with Gasteiger partial charge in [0.2, 0.25) is 0 Å². The van der Waals surface area contributed by atoms with E-state index in [2.05, 4.69) is 0 Å². The summed E-state index contributed by atoms with van der Waals surface area (Å²) < 4.78 is 28.3. The van der Waals surface area contributed by atoms with Crippen LogP contribution >= 0.6 is 0 Å². The van der Waals surface area contributed by atoms with Gasteiger partial charge in [0.15, 0.2) is 0 Å². The van der Waals surface area contributed by atoms with E-state index in [1.165, 1.54) is 0 Å². The molecule has 5 nitrogen and oxygen atoms in total. The third-order valence-corrected chi connectivity index (χ3v) is 5.87. The van der Waals surface area contributed by atoms with Crippen LogP contribution in [-0.2, 0) is 22.8 Å². The predicted octanol–water partition coefficient (Wildman–Crippen LogP) is 2.23. The highest BCUT2D eigenvalue weighted by Crippen LogP contribution is 2.20. The van der Waals surface area contributed by atoms with E-state index in [1.807, 2.05) is 27.7 Å². The first-order valence-electron chi connectivity index (χ1n) is 7.27. The van der Waals surface area contributed by atoms with Gasteiger partial charge in [-0.2, -0.15) is 0 Å². The second kappa shape index (κ2) is 9.04. The number of ether oxygens (including phenoxy) is 2. The van der Waals surface area contributed by atoms with Crippen molar-refractivity contribution in [3.05, 3.63) is 0 Å². The van der Waals surface area contributed by atoms with Gasteiger partial charge in [-0.3, -0.25) is 0 Å². The Hall–Kier alpha value is 0.0169. The molecule has 0 saturated carbocycles. The fraction of sp³-hybridized carbons (Fsp3) is 1.00. The molecule has 1 fully saturated rings. The molecule has 114 valence electrons. The maximum absolute atomic E-state index is 5.97. The van der Waals surface area contributed by atoms with Gasteiger partial charge in [0.1, 0.15) is 6.10 Å². The SMILES string of the molecule is CCO[Si](CCCOC[C@H]1CO1)(OCC)OC(C)C. The number of epoxide rings is 1. The molecule has 0 amide bonds. The van der Waals surface area contributed by atoms with E-state index in [4.69, 9.17) is 22.8 Å². The van der Waals surface area contributed by atoms with Crippen LogP contribution in [0.3, 0.4) is 0 Å². The van der Waals surface area contributed by atoms with Gasteiger partial charge in [-0.15, -0.1) is 0 Å². The highest BCUT2D eigenvalue weighted by atomic mass is 28.4. The average molecular weight is 292 g/mol. The van der Waals surface area contributed by atoms with Gasteiger partial charge in [0.05, 0.1) is 13.2 Å².